The fourth-order valence-electron chi connectivity index (χ4n) is 0.612. The Kier molecular flexibility index (Phi) is 2.06. The van der Waals surface area contributed by atoms with Gasteiger partial charge in [-0.05, 0) is 22.0 Å². The van der Waals surface area contributed by atoms with E-state index in [4.69, 9.17) is 5.73 Å². The van der Waals surface area contributed by atoms with Gasteiger partial charge in [0.1, 0.15) is 4.60 Å². The number of nitrogens with one attached hydrogen (secondary N) is 1. The highest BCUT2D eigenvalue weighted by atomic mass is 79.9. The second-order valence-corrected chi connectivity index (χ2v) is 2.67. The molecule has 4 nitrogen and oxygen atoms in total. The van der Waals surface area contributed by atoms with E-state index in [1.165, 1.54) is 0 Å². The summed E-state index contributed by atoms with van der Waals surface area (Å²) in [5.41, 5.74) is 5.65. The van der Waals surface area contributed by atoms with Gasteiger partial charge in [0.05, 0.1) is 6.42 Å². The molecule has 0 aromatic carbocycles. The Morgan fingerprint density at radius 3 is 3.00 bits per heavy atom. The summed E-state index contributed by atoms with van der Waals surface area (Å²) < 4.78 is 0.684. The minimum atomic E-state index is -0.365. The van der Waals surface area contributed by atoms with E-state index >= 15 is 0 Å². The van der Waals surface area contributed by atoms with Gasteiger partial charge in [0.25, 0.3) is 0 Å². The van der Waals surface area contributed by atoms with Crippen LogP contribution in [0.4, 0.5) is 0 Å². The maximum atomic E-state index is 10.3. The zero-order chi connectivity index (χ0) is 7.56. The number of aromatic amines is 1. The van der Waals surface area contributed by atoms with Crippen molar-refractivity contribution >= 4 is 21.8 Å². The van der Waals surface area contributed by atoms with E-state index in [9.17, 15) is 4.79 Å². The monoisotopic (exact) mass is 203 g/mol. The fraction of sp³-hybridized carbons (Fsp3) is 0.200. The number of hydrogen-bond acceptors (Lipinski definition) is 2. The van der Waals surface area contributed by atoms with Crippen molar-refractivity contribution in [3.63, 3.8) is 0 Å². The van der Waals surface area contributed by atoms with E-state index < -0.39 is 0 Å². The van der Waals surface area contributed by atoms with E-state index in [-0.39, 0.29) is 12.3 Å². The summed E-state index contributed by atoms with van der Waals surface area (Å²) in [6.07, 6.45) is 0.207. The number of carbonyl (C=O) groups is 1. The van der Waals surface area contributed by atoms with Crippen molar-refractivity contribution in [3.05, 3.63) is 16.4 Å². The fourth-order valence-corrected chi connectivity index (χ4v) is 0.977. The summed E-state index contributed by atoms with van der Waals surface area (Å²) in [6, 6.07) is 1.71. The standard InChI is InChI=1S/C5H6BrN3O/c6-4-1-3(8-9-4)2-5(7)10/h1H,2H2,(H2,7,10)(H,8,9). The molecule has 5 heteroatoms. The maximum Gasteiger partial charge on any atom is 0.223 e. The summed E-state index contributed by atoms with van der Waals surface area (Å²) in [4.78, 5) is 10.3. The summed E-state index contributed by atoms with van der Waals surface area (Å²) in [7, 11) is 0. The molecule has 0 radical (unpaired) electrons. The molecule has 1 aromatic heterocycles. The van der Waals surface area contributed by atoms with Crippen LogP contribution in [0.1, 0.15) is 5.69 Å². The van der Waals surface area contributed by atoms with Crippen LogP contribution < -0.4 is 5.73 Å². The lowest BCUT2D eigenvalue weighted by Crippen LogP contribution is -2.13. The number of nitrogens with two attached hydrogens (primary N) is 1. The Morgan fingerprint density at radius 2 is 2.60 bits per heavy atom. The van der Waals surface area contributed by atoms with Crippen LogP contribution in [0.15, 0.2) is 10.7 Å². The number of hydrogen-bond donors (Lipinski definition) is 2. The average Bonchev–Trinajstić information content (AvgIpc) is 2.13. The van der Waals surface area contributed by atoms with Crippen LogP contribution in [0.25, 0.3) is 0 Å². The first-order chi connectivity index (χ1) is 4.68. The first-order valence-electron chi connectivity index (χ1n) is 2.66. The molecule has 0 aliphatic heterocycles. The molecule has 1 aromatic rings. The predicted octanol–water partition coefficient (Wildman–Crippen LogP) is 0.200. The Bertz CT molecular complexity index is 245. The highest BCUT2D eigenvalue weighted by Gasteiger charge is 2.00. The lowest BCUT2D eigenvalue weighted by Gasteiger charge is -1.86. The van der Waals surface area contributed by atoms with Gasteiger partial charge in [-0.25, -0.2) is 0 Å². The van der Waals surface area contributed by atoms with E-state index in [1.807, 2.05) is 0 Å². The molecule has 0 fully saturated rings. The third-order valence-electron chi connectivity index (χ3n) is 0.964. The molecule has 1 rings (SSSR count). The minimum Gasteiger partial charge on any atom is -0.369 e. The van der Waals surface area contributed by atoms with Gasteiger partial charge in [0, 0.05) is 5.69 Å². The minimum absolute atomic E-state index is 0.207. The Labute approximate surface area is 65.9 Å². The normalized spacial score (nSPS) is 9.70. The van der Waals surface area contributed by atoms with Crippen LogP contribution in [-0.2, 0) is 11.2 Å². The highest BCUT2D eigenvalue weighted by Crippen LogP contribution is 2.06. The van der Waals surface area contributed by atoms with Gasteiger partial charge >= 0.3 is 0 Å². The molecule has 1 heterocycles. The number of primary amides is 1. The zero-order valence-electron chi connectivity index (χ0n) is 5.10. The number of carbonyl (C=O) groups excluding carboxylic acids is 1. The number of halogens is 1. The second kappa shape index (κ2) is 2.83. The van der Waals surface area contributed by atoms with Crippen molar-refractivity contribution in [1.29, 1.82) is 0 Å². The molecule has 0 saturated carbocycles. The summed E-state index contributed by atoms with van der Waals surface area (Å²) in [5, 5.41) is 6.39. The van der Waals surface area contributed by atoms with Gasteiger partial charge < -0.3 is 5.73 Å². The SMILES string of the molecule is NC(=O)Cc1cc(Br)n[nH]1. The number of rotatable bonds is 2. The number of aromatic nitrogens is 2. The largest absolute Gasteiger partial charge is 0.369 e. The molecule has 0 saturated heterocycles. The molecule has 0 bridgehead atoms. The summed E-state index contributed by atoms with van der Waals surface area (Å²) in [5.74, 6) is -0.365. The predicted molar refractivity (Wildman–Crippen MR) is 39.2 cm³/mol. The van der Waals surface area contributed by atoms with Gasteiger partial charge in [-0.1, -0.05) is 0 Å². The third-order valence-corrected chi connectivity index (χ3v) is 1.37. The molecule has 0 aliphatic rings. The third kappa shape index (κ3) is 1.84. The van der Waals surface area contributed by atoms with Gasteiger partial charge in [0.15, 0.2) is 0 Å². The van der Waals surface area contributed by atoms with E-state index in [0.717, 1.165) is 5.69 Å². The van der Waals surface area contributed by atoms with Crippen molar-refractivity contribution in [2.45, 2.75) is 6.42 Å². The summed E-state index contributed by atoms with van der Waals surface area (Å²) in [6.45, 7) is 0. The van der Waals surface area contributed by atoms with Crippen LogP contribution >= 0.6 is 15.9 Å². The van der Waals surface area contributed by atoms with Gasteiger partial charge in [0.2, 0.25) is 5.91 Å². The van der Waals surface area contributed by atoms with Crippen LogP contribution in [-0.4, -0.2) is 16.1 Å². The first kappa shape index (κ1) is 7.27. The molecule has 1 amide bonds. The van der Waals surface area contributed by atoms with Crippen molar-refractivity contribution in [1.82, 2.24) is 10.2 Å². The number of nitrogens with zero attached hydrogens (tertiary/aromatic N) is 1. The van der Waals surface area contributed by atoms with Crippen molar-refractivity contribution in [2.75, 3.05) is 0 Å². The number of H-pyrrole nitrogens is 1. The zero-order valence-corrected chi connectivity index (χ0v) is 6.68. The van der Waals surface area contributed by atoms with Crippen LogP contribution in [0, 0.1) is 0 Å². The lowest BCUT2D eigenvalue weighted by molar-refractivity contribution is -0.117. The average molecular weight is 204 g/mol. The van der Waals surface area contributed by atoms with Crippen LogP contribution in [0.5, 0.6) is 0 Å². The number of amides is 1. The van der Waals surface area contributed by atoms with E-state index in [0.29, 0.717) is 4.60 Å². The molecule has 0 atom stereocenters. The quantitative estimate of drug-likeness (QED) is 0.722. The van der Waals surface area contributed by atoms with Gasteiger partial charge in [-0.2, -0.15) is 5.10 Å². The van der Waals surface area contributed by atoms with Crippen LogP contribution in [0.2, 0.25) is 0 Å². The van der Waals surface area contributed by atoms with Crippen LogP contribution in [0.3, 0.4) is 0 Å². The molecule has 0 unspecified atom stereocenters. The molecule has 10 heavy (non-hydrogen) atoms. The summed E-state index contributed by atoms with van der Waals surface area (Å²) >= 11 is 3.13. The van der Waals surface area contributed by atoms with Gasteiger partial charge in [-0.15, -0.1) is 0 Å². The molecular formula is C5H6BrN3O. The maximum absolute atomic E-state index is 10.3. The Hall–Kier alpha value is -0.840. The van der Waals surface area contributed by atoms with Crippen molar-refractivity contribution in [3.8, 4) is 0 Å². The van der Waals surface area contributed by atoms with Crippen molar-refractivity contribution in [2.24, 2.45) is 5.73 Å². The topological polar surface area (TPSA) is 71.8 Å². The van der Waals surface area contributed by atoms with E-state index in [2.05, 4.69) is 26.1 Å². The molecule has 3 N–H and O–H groups in total. The molecule has 0 aliphatic carbocycles. The lowest BCUT2D eigenvalue weighted by atomic mass is 10.3. The second-order valence-electron chi connectivity index (χ2n) is 1.86. The Morgan fingerprint density at radius 1 is 1.90 bits per heavy atom. The molecular weight excluding hydrogens is 198 g/mol. The smallest absolute Gasteiger partial charge is 0.223 e. The first-order valence-corrected chi connectivity index (χ1v) is 3.46. The van der Waals surface area contributed by atoms with E-state index in [1.54, 1.807) is 6.07 Å². The Balaban J connectivity index is 2.67. The highest BCUT2D eigenvalue weighted by molar-refractivity contribution is 9.10. The van der Waals surface area contributed by atoms with Gasteiger partial charge in [-0.3, -0.25) is 9.89 Å². The molecule has 0 spiro atoms. The van der Waals surface area contributed by atoms with Crippen molar-refractivity contribution < 1.29 is 4.79 Å². The molecule has 54 valence electrons.